The number of benzene rings is 1. The molecule has 1 aromatic rings. The van der Waals surface area contributed by atoms with Crippen molar-refractivity contribution in [1.82, 2.24) is 0 Å². The standard InChI is InChI=1S/C12H12ClNO4/c1-7(15)17-10-4-5-11(18-8(2)16)12(13)9(10)6-14-3/h4-6H,1-3H3. The number of halogens is 1. The molecule has 1 rings (SSSR count). The molecule has 0 saturated heterocycles. The molecule has 0 aliphatic rings. The number of carbonyl (C=O) groups excluding carboxylic acids is 2. The lowest BCUT2D eigenvalue weighted by Crippen LogP contribution is -2.07. The molecule has 0 N–H and O–H groups in total. The SMILES string of the molecule is CN=Cc1c(OC(C)=O)ccc(OC(C)=O)c1Cl. The maximum atomic E-state index is 10.9. The molecule has 6 heteroatoms. The Morgan fingerprint density at radius 1 is 1.17 bits per heavy atom. The molecule has 0 bridgehead atoms. The summed E-state index contributed by atoms with van der Waals surface area (Å²) in [5.74, 6) is -0.516. The Hall–Kier alpha value is -1.88. The lowest BCUT2D eigenvalue weighted by atomic mass is 10.2. The van der Waals surface area contributed by atoms with Crippen LogP contribution in [0.4, 0.5) is 0 Å². The van der Waals surface area contributed by atoms with Crippen molar-refractivity contribution in [3.8, 4) is 11.5 Å². The number of rotatable bonds is 3. The van der Waals surface area contributed by atoms with E-state index in [-0.39, 0.29) is 16.5 Å². The number of aliphatic imine (C=N–C) groups is 1. The number of ether oxygens (including phenoxy) is 2. The van der Waals surface area contributed by atoms with E-state index >= 15 is 0 Å². The Morgan fingerprint density at radius 2 is 1.67 bits per heavy atom. The second kappa shape index (κ2) is 6.16. The van der Waals surface area contributed by atoms with Gasteiger partial charge in [0.15, 0.2) is 0 Å². The third kappa shape index (κ3) is 3.56. The van der Waals surface area contributed by atoms with Crippen LogP contribution in [0, 0.1) is 0 Å². The van der Waals surface area contributed by atoms with Gasteiger partial charge in [-0.25, -0.2) is 0 Å². The molecule has 1 aromatic carbocycles. The second-order valence-corrected chi connectivity index (χ2v) is 3.74. The molecular formula is C12H12ClNO4. The molecule has 18 heavy (non-hydrogen) atoms. The van der Waals surface area contributed by atoms with Crippen molar-refractivity contribution in [2.75, 3.05) is 7.05 Å². The first-order valence-corrected chi connectivity index (χ1v) is 5.45. The predicted molar refractivity (Wildman–Crippen MR) is 67.6 cm³/mol. The Morgan fingerprint density at radius 3 is 2.17 bits per heavy atom. The molecule has 0 atom stereocenters. The quantitative estimate of drug-likeness (QED) is 0.479. The van der Waals surface area contributed by atoms with E-state index < -0.39 is 11.9 Å². The molecule has 0 aliphatic heterocycles. The fourth-order valence-electron chi connectivity index (χ4n) is 1.28. The van der Waals surface area contributed by atoms with Crippen molar-refractivity contribution in [2.24, 2.45) is 4.99 Å². The van der Waals surface area contributed by atoms with Crippen LogP contribution in [-0.2, 0) is 9.59 Å². The van der Waals surface area contributed by atoms with Gasteiger partial charge in [-0.05, 0) is 12.1 Å². The summed E-state index contributed by atoms with van der Waals surface area (Å²) in [6.07, 6.45) is 1.42. The minimum atomic E-state index is -0.489. The second-order valence-electron chi connectivity index (χ2n) is 3.36. The number of carbonyl (C=O) groups is 2. The Balaban J connectivity index is 3.27. The van der Waals surface area contributed by atoms with Gasteiger partial charge in [0.25, 0.3) is 0 Å². The van der Waals surface area contributed by atoms with Crippen LogP contribution in [0.5, 0.6) is 11.5 Å². The van der Waals surface area contributed by atoms with Crippen molar-refractivity contribution >= 4 is 29.8 Å². The summed E-state index contributed by atoms with van der Waals surface area (Å²) in [4.78, 5) is 25.7. The predicted octanol–water partition coefficient (Wildman–Crippen LogP) is 2.24. The van der Waals surface area contributed by atoms with Gasteiger partial charge in [-0.1, -0.05) is 11.6 Å². The molecule has 0 fully saturated rings. The molecule has 0 aromatic heterocycles. The zero-order chi connectivity index (χ0) is 13.7. The molecule has 0 aliphatic carbocycles. The molecule has 0 radical (unpaired) electrons. The molecule has 0 saturated carbocycles. The first-order chi connectivity index (χ1) is 8.45. The smallest absolute Gasteiger partial charge is 0.308 e. The topological polar surface area (TPSA) is 65.0 Å². The van der Waals surface area contributed by atoms with Crippen LogP contribution < -0.4 is 9.47 Å². The van der Waals surface area contributed by atoms with Crippen molar-refractivity contribution in [2.45, 2.75) is 13.8 Å². The van der Waals surface area contributed by atoms with Gasteiger partial charge in [0, 0.05) is 27.1 Å². The molecule has 0 unspecified atom stereocenters. The van der Waals surface area contributed by atoms with E-state index in [4.69, 9.17) is 21.1 Å². The van der Waals surface area contributed by atoms with Gasteiger partial charge < -0.3 is 9.47 Å². The lowest BCUT2D eigenvalue weighted by Gasteiger charge is -2.10. The lowest BCUT2D eigenvalue weighted by molar-refractivity contribution is -0.133. The summed E-state index contributed by atoms with van der Waals surface area (Å²) in [5, 5.41) is 0.162. The minimum Gasteiger partial charge on any atom is -0.426 e. The van der Waals surface area contributed by atoms with Crippen molar-refractivity contribution in [1.29, 1.82) is 0 Å². The van der Waals surface area contributed by atoms with Gasteiger partial charge in [-0.3, -0.25) is 14.6 Å². The highest BCUT2D eigenvalue weighted by Gasteiger charge is 2.14. The summed E-state index contributed by atoms with van der Waals surface area (Å²) in [6, 6.07) is 2.94. The van der Waals surface area contributed by atoms with Crippen molar-refractivity contribution in [3.05, 3.63) is 22.7 Å². The highest BCUT2D eigenvalue weighted by Crippen LogP contribution is 2.34. The molecule has 5 nitrogen and oxygen atoms in total. The molecule has 0 amide bonds. The molecular weight excluding hydrogens is 258 g/mol. The summed E-state index contributed by atoms with van der Waals surface area (Å²) in [6.45, 7) is 2.55. The van der Waals surface area contributed by atoms with E-state index in [0.29, 0.717) is 5.56 Å². The van der Waals surface area contributed by atoms with Gasteiger partial charge in [-0.15, -0.1) is 0 Å². The number of hydrogen-bond acceptors (Lipinski definition) is 5. The Labute approximate surface area is 109 Å². The third-order valence-electron chi connectivity index (χ3n) is 1.87. The summed E-state index contributed by atoms with van der Waals surface area (Å²) >= 11 is 6.06. The average Bonchev–Trinajstić information content (AvgIpc) is 2.26. The van der Waals surface area contributed by atoms with Crippen molar-refractivity contribution < 1.29 is 19.1 Å². The highest BCUT2D eigenvalue weighted by atomic mass is 35.5. The zero-order valence-corrected chi connectivity index (χ0v) is 10.9. The van der Waals surface area contributed by atoms with Crippen LogP contribution in [0.1, 0.15) is 19.4 Å². The minimum absolute atomic E-state index is 0.162. The average molecular weight is 270 g/mol. The van der Waals surface area contributed by atoms with Crippen LogP contribution in [0.15, 0.2) is 17.1 Å². The maximum absolute atomic E-state index is 10.9. The van der Waals surface area contributed by atoms with E-state index in [9.17, 15) is 9.59 Å². The van der Waals surface area contributed by atoms with Gasteiger partial charge in [0.1, 0.15) is 11.5 Å². The van der Waals surface area contributed by atoms with E-state index in [1.807, 2.05) is 0 Å². The normalized spacial score (nSPS) is 10.4. The van der Waals surface area contributed by atoms with E-state index in [1.165, 1.54) is 32.2 Å². The first-order valence-electron chi connectivity index (χ1n) is 5.07. The zero-order valence-electron chi connectivity index (χ0n) is 10.2. The Kier molecular flexibility index (Phi) is 4.85. The van der Waals surface area contributed by atoms with Crippen LogP contribution in [-0.4, -0.2) is 25.2 Å². The molecule has 96 valence electrons. The summed E-state index contributed by atoms with van der Waals surface area (Å²) in [5.41, 5.74) is 0.383. The highest BCUT2D eigenvalue weighted by molar-refractivity contribution is 6.35. The number of nitrogens with zero attached hydrogens (tertiary/aromatic N) is 1. The van der Waals surface area contributed by atoms with Gasteiger partial charge >= 0.3 is 11.9 Å². The fraction of sp³-hybridized carbons (Fsp3) is 0.250. The van der Waals surface area contributed by atoms with E-state index in [1.54, 1.807) is 7.05 Å². The largest absolute Gasteiger partial charge is 0.426 e. The van der Waals surface area contributed by atoms with Crippen LogP contribution >= 0.6 is 11.6 Å². The first kappa shape index (κ1) is 14.2. The van der Waals surface area contributed by atoms with E-state index in [0.717, 1.165) is 0 Å². The molecule has 0 heterocycles. The van der Waals surface area contributed by atoms with E-state index in [2.05, 4.69) is 4.99 Å². The number of hydrogen-bond donors (Lipinski definition) is 0. The Bertz CT molecular complexity index is 511. The fourth-order valence-corrected chi connectivity index (χ4v) is 1.53. The number of esters is 2. The van der Waals surface area contributed by atoms with Gasteiger partial charge in [0.2, 0.25) is 0 Å². The molecule has 0 spiro atoms. The van der Waals surface area contributed by atoms with Crippen LogP contribution in [0.2, 0.25) is 5.02 Å². The monoisotopic (exact) mass is 269 g/mol. The van der Waals surface area contributed by atoms with Gasteiger partial charge in [0.05, 0.1) is 10.6 Å². The van der Waals surface area contributed by atoms with Gasteiger partial charge in [-0.2, -0.15) is 0 Å². The van der Waals surface area contributed by atoms with Crippen LogP contribution in [0.25, 0.3) is 0 Å². The third-order valence-corrected chi connectivity index (χ3v) is 2.26. The summed E-state index contributed by atoms with van der Waals surface area (Å²) in [7, 11) is 1.55. The van der Waals surface area contributed by atoms with Crippen molar-refractivity contribution in [3.63, 3.8) is 0 Å². The van der Waals surface area contributed by atoms with Crippen LogP contribution in [0.3, 0.4) is 0 Å². The maximum Gasteiger partial charge on any atom is 0.308 e. The summed E-state index contributed by atoms with van der Waals surface area (Å²) < 4.78 is 9.90.